The molecule has 0 spiro atoms. The lowest BCUT2D eigenvalue weighted by molar-refractivity contribution is 0.661. The normalized spacial score (nSPS) is 9.79. The first-order chi connectivity index (χ1) is 9.26. The molecular formula is C12H12N6S. The van der Waals surface area contributed by atoms with E-state index in [0.29, 0.717) is 22.0 Å². The Morgan fingerprint density at radius 3 is 2.89 bits per heavy atom. The van der Waals surface area contributed by atoms with Crippen LogP contribution in [0.15, 0.2) is 18.7 Å². The number of hydrogen-bond donors (Lipinski definition) is 2. The maximum absolute atomic E-state index is 9.03. The Balaban J connectivity index is 1.93. The summed E-state index contributed by atoms with van der Waals surface area (Å²) in [4.78, 5) is 4.34. The zero-order chi connectivity index (χ0) is 13.7. The van der Waals surface area contributed by atoms with Crippen molar-refractivity contribution in [3.63, 3.8) is 0 Å². The molecule has 0 saturated carbocycles. The highest BCUT2D eigenvalue weighted by atomic mass is 32.1. The predicted octanol–water partition coefficient (Wildman–Crippen LogP) is 1.77. The highest BCUT2D eigenvalue weighted by molar-refractivity contribution is 7.17. The molecule has 0 bridgehead atoms. The van der Waals surface area contributed by atoms with Crippen LogP contribution in [0.3, 0.4) is 0 Å². The van der Waals surface area contributed by atoms with E-state index in [1.165, 1.54) is 11.3 Å². The minimum atomic E-state index is 0.270. The van der Waals surface area contributed by atoms with Crippen LogP contribution in [0.25, 0.3) is 0 Å². The lowest BCUT2D eigenvalue weighted by Gasteiger charge is -2.04. The molecule has 96 valence electrons. The molecule has 0 radical (unpaired) electrons. The summed E-state index contributed by atoms with van der Waals surface area (Å²) in [6.45, 7) is 1.55. The van der Waals surface area contributed by atoms with Gasteiger partial charge in [0.05, 0.1) is 12.0 Å². The first kappa shape index (κ1) is 12.9. The number of aryl methyl sites for hydroxylation is 1. The van der Waals surface area contributed by atoms with Gasteiger partial charge in [-0.2, -0.15) is 10.5 Å². The van der Waals surface area contributed by atoms with Gasteiger partial charge in [-0.3, -0.25) is 0 Å². The topological polar surface area (TPSA) is 103 Å². The van der Waals surface area contributed by atoms with Crippen molar-refractivity contribution in [3.8, 4) is 12.1 Å². The van der Waals surface area contributed by atoms with Crippen molar-refractivity contribution in [2.75, 3.05) is 17.6 Å². The zero-order valence-electron chi connectivity index (χ0n) is 10.1. The Morgan fingerprint density at radius 2 is 2.26 bits per heavy atom. The highest BCUT2D eigenvalue weighted by Gasteiger charge is 2.14. The number of nitrogens with zero attached hydrogens (tertiary/aromatic N) is 4. The Bertz CT molecular complexity index is 628. The van der Waals surface area contributed by atoms with Crippen molar-refractivity contribution in [1.82, 2.24) is 9.55 Å². The van der Waals surface area contributed by atoms with E-state index in [1.54, 1.807) is 12.5 Å². The van der Waals surface area contributed by atoms with Gasteiger partial charge in [-0.15, -0.1) is 11.3 Å². The minimum Gasteiger partial charge on any atom is -0.396 e. The monoisotopic (exact) mass is 272 g/mol. The number of rotatable bonds is 5. The zero-order valence-corrected chi connectivity index (χ0v) is 10.9. The molecule has 2 aromatic rings. The van der Waals surface area contributed by atoms with Gasteiger partial charge in [-0.05, 0) is 6.42 Å². The van der Waals surface area contributed by atoms with Crippen molar-refractivity contribution in [3.05, 3.63) is 29.2 Å². The van der Waals surface area contributed by atoms with E-state index in [-0.39, 0.29) is 5.69 Å². The lowest BCUT2D eigenvalue weighted by Crippen LogP contribution is -2.05. The van der Waals surface area contributed by atoms with E-state index >= 15 is 0 Å². The maximum Gasteiger partial charge on any atom is 0.131 e. The smallest absolute Gasteiger partial charge is 0.131 e. The van der Waals surface area contributed by atoms with Gasteiger partial charge in [0, 0.05) is 25.5 Å². The molecule has 2 rings (SSSR count). The summed E-state index contributed by atoms with van der Waals surface area (Å²) in [6, 6.07) is 4.02. The van der Waals surface area contributed by atoms with Crippen LogP contribution in [0.5, 0.6) is 0 Å². The number of thiophene rings is 1. The maximum atomic E-state index is 9.03. The number of nitriles is 2. The fourth-order valence-corrected chi connectivity index (χ4v) is 2.54. The van der Waals surface area contributed by atoms with Gasteiger partial charge < -0.3 is 15.6 Å². The number of nitrogen functional groups attached to an aromatic ring is 1. The summed E-state index contributed by atoms with van der Waals surface area (Å²) in [6.07, 6.45) is 6.29. The lowest BCUT2D eigenvalue weighted by atomic mass is 10.2. The molecule has 7 heteroatoms. The standard InChI is InChI=1S/C12H12N6S/c13-6-9-11(15)10(7-14)19-12(9)17-2-1-4-18-5-3-16-8-18/h3,5,8,17H,1-2,4,15H2. The average molecular weight is 272 g/mol. The molecule has 0 atom stereocenters. The van der Waals surface area contributed by atoms with Gasteiger partial charge in [0.2, 0.25) is 0 Å². The molecule has 0 aliphatic rings. The summed E-state index contributed by atoms with van der Waals surface area (Å²) in [5, 5.41) is 21.7. The predicted molar refractivity (Wildman–Crippen MR) is 73.5 cm³/mol. The van der Waals surface area contributed by atoms with Crippen LogP contribution in [0.1, 0.15) is 16.9 Å². The van der Waals surface area contributed by atoms with E-state index in [4.69, 9.17) is 16.3 Å². The first-order valence-electron chi connectivity index (χ1n) is 5.68. The first-order valence-corrected chi connectivity index (χ1v) is 6.50. The van der Waals surface area contributed by atoms with E-state index in [2.05, 4.69) is 10.3 Å². The third kappa shape index (κ3) is 2.84. The largest absolute Gasteiger partial charge is 0.396 e. The van der Waals surface area contributed by atoms with Crippen LogP contribution in [0.2, 0.25) is 0 Å². The summed E-state index contributed by atoms with van der Waals surface area (Å²) in [7, 11) is 0. The van der Waals surface area contributed by atoms with E-state index < -0.39 is 0 Å². The minimum absolute atomic E-state index is 0.270. The van der Waals surface area contributed by atoms with Crippen LogP contribution in [0, 0.1) is 22.7 Å². The van der Waals surface area contributed by atoms with Gasteiger partial charge in [-0.25, -0.2) is 4.98 Å². The molecule has 19 heavy (non-hydrogen) atoms. The number of nitrogens with two attached hydrogens (primary N) is 1. The number of nitrogens with one attached hydrogen (secondary N) is 1. The molecule has 0 aliphatic carbocycles. The summed E-state index contributed by atoms with van der Waals surface area (Å²) < 4.78 is 1.98. The van der Waals surface area contributed by atoms with Crippen LogP contribution < -0.4 is 11.1 Å². The number of imidazole rings is 1. The molecule has 0 unspecified atom stereocenters. The molecule has 2 heterocycles. The fraction of sp³-hybridized carbons (Fsp3) is 0.250. The van der Waals surface area contributed by atoms with Crippen LogP contribution in [-0.4, -0.2) is 16.1 Å². The summed E-state index contributed by atoms with van der Waals surface area (Å²) in [5.41, 5.74) is 6.36. The third-order valence-electron chi connectivity index (χ3n) is 2.60. The second-order valence-corrected chi connectivity index (χ2v) is 4.87. The van der Waals surface area contributed by atoms with Gasteiger partial charge in [0.1, 0.15) is 27.6 Å². The Labute approximate surface area is 114 Å². The Hall–Kier alpha value is -2.51. The SMILES string of the molecule is N#Cc1sc(NCCCn2ccnc2)c(C#N)c1N. The van der Waals surface area contributed by atoms with Gasteiger partial charge in [0.15, 0.2) is 0 Å². The number of aromatic nitrogens is 2. The van der Waals surface area contributed by atoms with Crippen molar-refractivity contribution in [2.45, 2.75) is 13.0 Å². The van der Waals surface area contributed by atoms with Crippen LogP contribution in [-0.2, 0) is 6.54 Å². The molecule has 0 amide bonds. The van der Waals surface area contributed by atoms with Gasteiger partial charge >= 0.3 is 0 Å². The van der Waals surface area contributed by atoms with Crippen molar-refractivity contribution < 1.29 is 0 Å². The molecule has 2 aromatic heterocycles. The van der Waals surface area contributed by atoms with Gasteiger partial charge in [-0.1, -0.05) is 0 Å². The van der Waals surface area contributed by atoms with E-state index in [9.17, 15) is 0 Å². The molecule has 0 aromatic carbocycles. The quantitative estimate of drug-likeness (QED) is 0.807. The molecule has 0 saturated heterocycles. The fourth-order valence-electron chi connectivity index (χ4n) is 1.64. The summed E-state index contributed by atoms with van der Waals surface area (Å²) >= 11 is 1.22. The molecule has 6 nitrogen and oxygen atoms in total. The Morgan fingerprint density at radius 1 is 1.42 bits per heavy atom. The molecule has 3 N–H and O–H groups in total. The van der Waals surface area contributed by atoms with Crippen molar-refractivity contribution in [1.29, 1.82) is 10.5 Å². The average Bonchev–Trinajstić information content (AvgIpc) is 3.02. The number of anilines is 2. The van der Waals surface area contributed by atoms with Crippen molar-refractivity contribution in [2.24, 2.45) is 0 Å². The van der Waals surface area contributed by atoms with E-state index in [0.717, 1.165) is 13.0 Å². The van der Waals surface area contributed by atoms with Gasteiger partial charge in [0.25, 0.3) is 0 Å². The van der Waals surface area contributed by atoms with Crippen LogP contribution >= 0.6 is 11.3 Å². The molecule has 0 fully saturated rings. The second kappa shape index (κ2) is 5.89. The Kier molecular flexibility index (Phi) is 4.01. The van der Waals surface area contributed by atoms with E-state index in [1.807, 2.05) is 22.9 Å². The second-order valence-electron chi connectivity index (χ2n) is 3.85. The summed E-state index contributed by atoms with van der Waals surface area (Å²) in [5.74, 6) is 0. The van der Waals surface area contributed by atoms with Crippen molar-refractivity contribution >= 4 is 22.0 Å². The molecular weight excluding hydrogens is 260 g/mol. The highest BCUT2D eigenvalue weighted by Crippen LogP contribution is 2.34. The number of hydrogen-bond acceptors (Lipinski definition) is 6. The molecule has 0 aliphatic heterocycles. The van der Waals surface area contributed by atoms with Crippen LogP contribution in [0.4, 0.5) is 10.7 Å². The third-order valence-corrected chi connectivity index (χ3v) is 3.66.